The Kier molecular flexibility index (Phi) is 2.70. The fourth-order valence-electron chi connectivity index (χ4n) is 0.995. The van der Waals surface area contributed by atoms with Gasteiger partial charge in [0.1, 0.15) is 12.4 Å². The molecule has 12 heavy (non-hydrogen) atoms. The lowest BCUT2D eigenvalue weighted by Crippen LogP contribution is -2.13. The van der Waals surface area contributed by atoms with Gasteiger partial charge in [0.2, 0.25) is 0 Å². The number of hydrogen-bond donors (Lipinski definition) is 1. The lowest BCUT2D eigenvalue weighted by molar-refractivity contribution is -0.135. The maximum absolute atomic E-state index is 10.8. The van der Waals surface area contributed by atoms with Crippen LogP contribution in [0.3, 0.4) is 0 Å². The Morgan fingerprint density at radius 2 is 2.50 bits per heavy atom. The summed E-state index contributed by atoms with van der Waals surface area (Å²) in [5, 5.41) is 9.24. The summed E-state index contributed by atoms with van der Waals surface area (Å²) in [6.45, 7) is 2.05. The van der Waals surface area contributed by atoms with Crippen molar-refractivity contribution in [1.29, 1.82) is 0 Å². The minimum Gasteiger partial charge on any atom is -0.495 e. The van der Waals surface area contributed by atoms with Crippen molar-refractivity contribution in [2.24, 2.45) is 5.92 Å². The number of hydrogen-bond acceptors (Lipinski definition) is 4. The molecule has 0 aromatic rings. The normalized spacial score (nSPS) is 31.8. The minimum absolute atomic E-state index is 0.121. The van der Waals surface area contributed by atoms with Gasteiger partial charge in [0.15, 0.2) is 0 Å². The quantitative estimate of drug-likeness (QED) is 0.449. The zero-order valence-electron chi connectivity index (χ0n) is 7.11. The predicted molar refractivity (Wildman–Crippen MR) is 41.2 cm³/mol. The van der Waals surface area contributed by atoms with Gasteiger partial charge in [-0.1, -0.05) is 6.92 Å². The van der Waals surface area contributed by atoms with Gasteiger partial charge in [0.25, 0.3) is 0 Å². The number of carbonyl (C=O) groups is 1. The van der Waals surface area contributed by atoms with Crippen LogP contribution in [0.15, 0.2) is 11.8 Å². The first kappa shape index (κ1) is 9.06. The molecule has 68 valence electrons. The van der Waals surface area contributed by atoms with Crippen molar-refractivity contribution in [3.8, 4) is 0 Å². The highest BCUT2D eigenvalue weighted by atomic mass is 16.5. The molecular formula is C8H12O4. The van der Waals surface area contributed by atoms with Gasteiger partial charge in [-0.05, 0) is 0 Å². The first-order valence-electron chi connectivity index (χ1n) is 3.75. The van der Waals surface area contributed by atoms with Crippen LogP contribution >= 0.6 is 0 Å². The Hall–Kier alpha value is -1.03. The molecule has 0 bridgehead atoms. The third kappa shape index (κ3) is 1.76. The van der Waals surface area contributed by atoms with E-state index in [1.807, 2.05) is 0 Å². The molecule has 1 aliphatic rings. The van der Waals surface area contributed by atoms with E-state index >= 15 is 0 Å². The van der Waals surface area contributed by atoms with E-state index in [1.165, 1.54) is 13.2 Å². The molecule has 0 amide bonds. The molecule has 0 aromatic carbocycles. The minimum atomic E-state index is -0.513. The van der Waals surface area contributed by atoms with Crippen molar-refractivity contribution in [3.05, 3.63) is 11.8 Å². The van der Waals surface area contributed by atoms with Gasteiger partial charge >= 0.3 is 5.97 Å². The van der Waals surface area contributed by atoms with Crippen LogP contribution in [0.5, 0.6) is 0 Å². The highest BCUT2D eigenvalue weighted by molar-refractivity contribution is 5.82. The van der Waals surface area contributed by atoms with E-state index in [-0.39, 0.29) is 12.5 Å². The van der Waals surface area contributed by atoms with E-state index in [4.69, 9.17) is 4.74 Å². The second-order valence-electron chi connectivity index (χ2n) is 2.74. The fraction of sp³-hybridized carbons (Fsp3) is 0.625. The predicted octanol–water partition coefficient (Wildman–Crippen LogP) is 0.0705. The van der Waals surface area contributed by atoms with Crippen molar-refractivity contribution in [1.82, 2.24) is 0 Å². The molecule has 0 saturated carbocycles. The first-order valence-corrected chi connectivity index (χ1v) is 3.75. The second kappa shape index (κ2) is 3.58. The van der Waals surface area contributed by atoms with E-state index in [9.17, 15) is 9.90 Å². The zero-order valence-corrected chi connectivity index (χ0v) is 7.11. The lowest BCUT2D eigenvalue weighted by atomic mass is 10.1. The standard InChI is InChI=1S/C8H12O4/c1-5-6(9)4-12-7(5)3-8(10)11-2/h3,5-6,9H,4H2,1-2H3/b7-3+/t5-,6+/m1/s1. The molecule has 0 radical (unpaired) electrons. The molecule has 0 aliphatic carbocycles. The Morgan fingerprint density at radius 1 is 1.83 bits per heavy atom. The highest BCUT2D eigenvalue weighted by Crippen LogP contribution is 2.24. The molecule has 1 N–H and O–H groups in total. The van der Waals surface area contributed by atoms with Crippen LogP contribution in [0.4, 0.5) is 0 Å². The van der Waals surface area contributed by atoms with Gasteiger partial charge < -0.3 is 14.6 Å². The Bertz CT molecular complexity index is 209. The van der Waals surface area contributed by atoms with Gasteiger partial charge in [0, 0.05) is 5.92 Å². The van der Waals surface area contributed by atoms with Gasteiger partial charge in [-0.25, -0.2) is 4.79 Å². The van der Waals surface area contributed by atoms with E-state index in [0.29, 0.717) is 5.76 Å². The lowest BCUT2D eigenvalue weighted by Gasteiger charge is -2.04. The molecule has 1 rings (SSSR count). The number of ether oxygens (including phenoxy) is 2. The molecule has 4 nitrogen and oxygen atoms in total. The Morgan fingerprint density at radius 3 is 2.92 bits per heavy atom. The third-order valence-corrected chi connectivity index (χ3v) is 1.91. The van der Waals surface area contributed by atoms with Gasteiger partial charge in [-0.2, -0.15) is 0 Å². The van der Waals surface area contributed by atoms with Crippen LogP contribution in [-0.4, -0.2) is 30.9 Å². The van der Waals surface area contributed by atoms with Crippen LogP contribution in [0.1, 0.15) is 6.92 Å². The SMILES string of the molecule is COC(=O)/C=C1/OC[C@H](O)[C@H]1C. The molecule has 0 unspecified atom stereocenters. The van der Waals surface area contributed by atoms with Crippen molar-refractivity contribution < 1.29 is 19.4 Å². The van der Waals surface area contributed by atoms with Crippen LogP contribution in [-0.2, 0) is 14.3 Å². The van der Waals surface area contributed by atoms with Gasteiger partial charge in [-0.15, -0.1) is 0 Å². The molecule has 1 heterocycles. The molecule has 1 aliphatic heterocycles. The summed E-state index contributed by atoms with van der Waals surface area (Å²) in [6, 6.07) is 0. The molecule has 1 fully saturated rings. The molecule has 0 aromatic heterocycles. The summed E-state index contributed by atoms with van der Waals surface area (Å²) in [5.74, 6) is -0.0793. The van der Waals surface area contributed by atoms with Crippen molar-refractivity contribution in [2.75, 3.05) is 13.7 Å². The van der Waals surface area contributed by atoms with Crippen LogP contribution in [0.25, 0.3) is 0 Å². The smallest absolute Gasteiger partial charge is 0.333 e. The number of esters is 1. The van der Waals surface area contributed by atoms with Crippen LogP contribution < -0.4 is 0 Å². The zero-order chi connectivity index (χ0) is 9.14. The second-order valence-corrected chi connectivity index (χ2v) is 2.74. The number of methoxy groups -OCH3 is 1. The van der Waals surface area contributed by atoms with Crippen molar-refractivity contribution in [2.45, 2.75) is 13.0 Å². The van der Waals surface area contributed by atoms with Crippen molar-refractivity contribution >= 4 is 5.97 Å². The van der Waals surface area contributed by atoms with E-state index < -0.39 is 12.1 Å². The summed E-state index contributed by atoms with van der Waals surface area (Å²) >= 11 is 0. The average Bonchev–Trinajstić information content (AvgIpc) is 2.36. The number of carbonyl (C=O) groups excluding carboxylic acids is 1. The molecule has 0 spiro atoms. The van der Waals surface area contributed by atoms with Gasteiger partial charge in [-0.3, -0.25) is 0 Å². The Labute approximate surface area is 70.8 Å². The summed E-state index contributed by atoms with van der Waals surface area (Å²) in [6.07, 6.45) is 0.752. The summed E-state index contributed by atoms with van der Waals surface area (Å²) in [5.41, 5.74) is 0. The van der Waals surface area contributed by atoms with E-state index in [2.05, 4.69) is 4.74 Å². The monoisotopic (exact) mass is 172 g/mol. The third-order valence-electron chi connectivity index (χ3n) is 1.91. The number of rotatable bonds is 1. The molecule has 1 saturated heterocycles. The fourth-order valence-corrected chi connectivity index (χ4v) is 0.995. The maximum Gasteiger partial charge on any atom is 0.333 e. The topological polar surface area (TPSA) is 55.8 Å². The van der Waals surface area contributed by atoms with E-state index in [1.54, 1.807) is 6.92 Å². The van der Waals surface area contributed by atoms with Crippen molar-refractivity contribution in [3.63, 3.8) is 0 Å². The Balaban J connectivity index is 2.64. The molecule has 4 heteroatoms. The van der Waals surface area contributed by atoms with Crippen LogP contribution in [0, 0.1) is 5.92 Å². The summed E-state index contributed by atoms with van der Waals surface area (Å²) < 4.78 is 9.48. The summed E-state index contributed by atoms with van der Waals surface area (Å²) in [4.78, 5) is 10.8. The first-order chi connectivity index (χ1) is 5.65. The number of aliphatic hydroxyl groups is 1. The van der Waals surface area contributed by atoms with Gasteiger partial charge in [0.05, 0.1) is 19.3 Å². The number of aliphatic hydroxyl groups excluding tert-OH is 1. The maximum atomic E-state index is 10.8. The molecular weight excluding hydrogens is 160 g/mol. The summed E-state index contributed by atoms with van der Waals surface area (Å²) in [7, 11) is 1.30. The average molecular weight is 172 g/mol. The molecule has 2 atom stereocenters. The van der Waals surface area contributed by atoms with Crippen LogP contribution in [0.2, 0.25) is 0 Å². The van der Waals surface area contributed by atoms with E-state index in [0.717, 1.165) is 0 Å². The largest absolute Gasteiger partial charge is 0.495 e. The highest BCUT2D eigenvalue weighted by Gasteiger charge is 2.28.